The van der Waals surface area contributed by atoms with Crippen LogP contribution in [0.25, 0.3) is 0 Å². The standard InChI is InChI=1S/C24H35NO7S/c1-4-17-6-8-21-19-7-5-16-13-23(32-25-33(27,28)29)22(31-12-11-30-15(2)26)14-20(16)18(19)9-10-24(17,21)3/h13-14,17-19,21,25H,4-12H2,1-3H3,(H,27,28,29)/t17-,18-,19+,21-,24+/m0/s1. The number of carbonyl (C=O) groups excluding carboxylic acids is 1. The molecule has 0 radical (unpaired) electrons. The van der Waals surface area contributed by atoms with Gasteiger partial charge in [0.2, 0.25) is 0 Å². The van der Waals surface area contributed by atoms with Crippen LogP contribution in [0, 0.1) is 23.2 Å². The van der Waals surface area contributed by atoms with Gasteiger partial charge in [-0.15, -0.1) is 0 Å². The summed E-state index contributed by atoms with van der Waals surface area (Å²) in [6.45, 7) is 6.33. The summed E-state index contributed by atoms with van der Waals surface area (Å²) in [5.74, 6) is 2.78. The van der Waals surface area contributed by atoms with Crippen molar-refractivity contribution >= 4 is 16.3 Å². The molecular formula is C24H35NO7S. The molecule has 5 atom stereocenters. The van der Waals surface area contributed by atoms with E-state index in [0.29, 0.717) is 23.0 Å². The van der Waals surface area contributed by atoms with E-state index < -0.39 is 16.3 Å². The van der Waals surface area contributed by atoms with Gasteiger partial charge in [-0.05, 0) is 95.8 Å². The maximum absolute atomic E-state index is 11.1. The van der Waals surface area contributed by atoms with Crippen molar-refractivity contribution in [3.63, 3.8) is 0 Å². The number of hydrogen-bond donors (Lipinski definition) is 2. The van der Waals surface area contributed by atoms with Crippen LogP contribution in [0.4, 0.5) is 0 Å². The molecule has 9 heteroatoms. The molecule has 3 aliphatic carbocycles. The first-order valence-corrected chi connectivity index (χ1v) is 13.4. The van der Waals surface area contributed by atoms with Crippen molar-refractivity contribution in [2.24, 2.45) is 23.2 Å². The average Bonchev–Trinajstić information content (AvgIpc) is 3.10. The summed E-state index contributed by atoms with van der Waals surface area (Å²) in [5.41, 5.74) is 2.80. The highest BCUT2D eigenvalue weighted by Crippen LogP contribution is 2.63. The van der Waals surface area contributed by atoms with Gasteiger partial charge in [-0.3, -0.25) is 9.35 Å². The van der Waals surface area contributed by atoms with E-state index in [1.807, 2.05) is 12.1 Å². The molecule has 0 aliphatic heterocycles. The third kappa shape index (κ3) is 5.00. The number of benzene rings is 1. The van der Waals surface area contributed by atoms with Gasteiger partial charge in [0.25, 0.3) is 0 Å². The average molecular weight is 482 g/mol. The van der Waals surface area contributed by atoms with Gasteiger partial charge in [0.15, 0.2) is 11.5 Å². The molecule has 33 heavy (non-hydrogen) atoms. The second-order valence-corrected chi connectivity index (χ2v) is 11.1. The summed E-state index contributed by atoms with van der Waals surface area (Å²) in [7, 11) is -4.54. The molecule has 1 aromatic rings. The molecule has 0 spiro atoms. The molecule has 0 aromatic heterocycles. The lowest BCUT2D eigenvalue weighted by Gasteiger charge is -2.51. The zero-order chi connectivity index (χ0) is 23.8. The smallest absolute Gasteiger partial charge is 0.364 e. The van der Waals surface area contributed by atoms with E-state index in [1.54, 1.807) is 4.89 Å². The van der Waals surface area contributed by atoms with Crippen LogP contribution in [0.2, 0.25) is 0 Å². The van der Waals surface area contributed by atoms with E-state index in [0.717, 1.165) is 36.7 Å². The zero-order valence-corrected chi connectivity index (χ0v) is 20.4. The molecular weight excluding hydrogens is 446 g/mol. The van der Waals surface area contributed by atoms with Crippen LogP contribution < -0.4 is 14.5 Å². The first-order chi connectivity index (χ1) is 15.6. The normalized spacial score (nSPS) is 30.7. The predicted octanol–water partition coefficient (Wildman–Crippen LogP) is 4.20. The van der Waals surface area contributed by atoms with Crippen LogP contribution in [0.15, 0.2) is 12.1 Å². The second-order valence-electron chi connectivity index (χ2n) is 9.99. The molecule has 0 saturated heterocycles. The highest BCUT2D eigenvalue weighted by molar-refractivity contribution is 7.83. The molecule has 2 fully saturated rings. The number of nitrogens with one attached hydrogen (secondary N) is 1. The van der Waals surface area contributed by atoms with Gasteiger partial charge in [-0.2, -0.15) is 8.42 Å². The first-order valence-electron chi connectivity index (χ1n) is 12.0. The van der Waals surface area contributed by atoms with Gasteiger partial charge in [0.1, 0.15) is 13.2 Å². The van der Waals surface area contributed by atoms with Crippen LogP contribution in [0.1, 0.15) is 76.3 Å². The van der Waals surface area contributed by atoms with Gasteiger partial charge in [0, 0.05) is 6.92 Å². The summed E-state index contributed by atoms with van der Waals surface area (Å²) in [6, 6.07) is 3.76. The Kier molecular flexibility index (Phi) is 6.94. The Balaban J connectivity index is 1.60. The SMILES string of the molecule is CC[C@H]1CC[C@H]2[C@@H]3CCc4cc(ONS(=O)(=O)O)c(OCCOC(C)=O)cc4[C@H]3CC[C@]12C. The number of ether oxygens (including phenoxy) is 2. The Morgan fingerprint density at radius 1 is 1.18 bits per heavy atom. The minimum absolute atomic E-state index is 0.0719. The minimum atomic E-state index is -4.54. The molecule has 4 rings (SSSR count). The summed E-state index contributed by atoms with van der Waals surface area (Å²) in [4.78, 5) is 17.9. The summed E-state index contributed by atoms with van der Waals surface area (Å²) >= 11 is 0. The van der Waals surface area contributed by atoms with Gasteiger partial charge in [0.05, 0.1) is 0 Å². The number of fused-ring (bicyclic) bond motifs is 5. The molecule has 0 bridgehead atoms. The molecule has 184 valence electrons. The Hall–Kier alpha value is -1.84. The van der Waals surface area contributed by atoms with E-state index in [2.05, 4.69) is 13.8 Å². The van der Waals surface area contributed by atoms with Gasteiger partial charge in [-0.25, -0.2) is 0 Å². The fraction of sp³-hybridized carbons (Fsp3) is 0.708. The van der Waals surface area contributed by atoms with Gasteiger partial charge < -0.3 is 14.3 Å². The van der Waals surface area contributed by atoms with Crippen molar-refractivity contribution in [3.8, 4) is 11.5 Å². The van der Waals surface area contributed by atoms with E-state index in [4.69, 9.17) is 18.9 Å². The first kappa shape index (κ1) is 24.3. The van der Waals surface area contributed by atoms with E-state index in [9.17, 15) is 13.2 Å². The van der Waals surface area contributed by atoms with Crippen molar-refractivity contribution in [2.75, 3.05) is 13.2 Å². The van der Waals surface area contributed by atoms with Crippen LogP contribution in [-0.2, 0) is 26.3 Å². The lowest BCUT2D eigenvalue weighted by Crippen LogP contribution is -2.42. The number of esters is 1. The van der Waals surface area contributed by atoms with Crippen molar-refractivity contribution in [1.29, 1.82) is 0 Å². The van der Waals surface area contributed by atoms with Crippen molar-refractivity contribution in [3.05, 3.63) is 23.3 Å². The lowest BCUT2D eigenvalue weighted by molar-refractivity contribution is -0.141. The summed E-state index contributed by atoms with van der Waals surface area (Å²) in [5, 5.41) is 0. The molecule has 3 aliphatic rings. The Morgan fingerprint density at radius 2 is 1.97 bits per heavy atom. The Labute approximate surface area is 196 Å². The summed E-state index contributed by atoms with van der Waals surface area (Å²) in [6.07, 6.45) is 8.26. The van der Waals surface area contributed by atoms with Crippen LogP contribution in [-0.4, -0.2) is 32.2 Å². The lowest BCUT2D eigenvalue weighted by atomic mass is 9.54. The Morgan fingerprint density at radius 3 is 2.67 bits per heavy atom. The minimum Gasteiger partial charge on any atom is -0.486 e. The van der Waals surface area contributed by atoms with Crippen molar-refractivity contribution in [2.45, 2.75) is 71.6 Å². The maximum atomic E-state index is 11.1. The molecule has 0 heterocycles. The van der Waals surface area contributed by atoms with Gasteiger partial charge in [-0.1, -0.05) is 20.3 Å². The topological polar surface area (TPSA) is 111 Å². The largest absolute Gasteiger partial charge is 0.486 e. The molecule has 2 saturated carbocycles. The fourth-order valence-electron chi connectivity index (χ4n) is 6.98. The highest BCUT2D eigenvalue weighted by atomic mass is 32.2. The van der Waals surface area contributed by atoms with Crippen molar-refractivity contribution in [1.82, 2.24) is 4.89 Å². The number of aryl methyl sites for hydroxylation is 1. The third-order valence-electron chi connectivity index (χ3n) is 8.38. The number of carbonyl (C=O) groups is 1. The molecule has 0 unspecified atom stereocenters. The van der Waals surface area contributed by atoms with Crippen LogP contribution in [0.3, 0.4) is 0 Å². The molecule has 2 N–H and O–H groups in total. The van der Waals surface area contributed by atoms with Gasteiger partial charge >= 0.3 is 16.3 Å². The number of hydrogen-bond acceptors (Lipinski definition) is 6. The third-order valence-corrected chi connectivity index (χ3v) is 8.68. The van der Waals surface area contributed by atoms with E-state index in [1.165, 1.54) is 38.2 Å². The second kappa shape index (κ2) is 9.43. The zero-order valence-electron chi connectivity index (χ0n) is 19.6. The monoisotopic (exact) mass is 481 g/mol. The maximum Gasteiger partial charge on any atom is 0.364 e. The van der Waals surface area contributed by atoms with Crippen molar-refractivity contribution < 1.29 is 32.1 Å². The molecule has 8 nitrogen and oxygen atoms in total. The van der Waals surface area contributed by atoms with Crippen LogP contribution >= 0.6 is 0 Å². The van der Waals surface area contributed by atoms with E-state index >= 15 is 0 Å². The predicted molar refractivity (Wildman–Crippen MR) is 122 cm³/mol. The Bertz CT molecular complexity index is 995. The fourth-order valence-corrected chi connectivity index (χ4v) is 7.18. The van der Waals surface area contributed by atoms with E-state index in [-0.39, 0.29) is 19.0 Å². The molecule has 1 aromatic carbocycles. The highest BCUT2D eigenvalue weighted by Gasteiger charge is 2.54. The van der Waals surface area contributed by atoms with Crippen LogP contribution in [0.5, 0.6) is 11.5 Å². The number of rotatable bonds is 8. The molecule has 0 amide bonds. The quantitative estimate of drug-likeness (QED) is 0.248. The summed E-state index contributed by atoms with van der Waals surface area (Å²) < 4.78 is 42.1.